The Hall–Kier alpha value is -1.07. The molecule has 2 rings (SSSR count). The number of hydrogen-bond donors (Lipinski definition) is 1. The summed E-state index contributed by atoms with van der Waals surface area (Å²) in [7, 11) is 0. The summed E-state index contributed by atoms with van der Waals surface area (Å²) in [5.41, 5.74) is 0.872. The van der Waals surface area contributed by atoms with Crippen molar-refractivity contribution in [1.82, 2.24) is 0 Å². The lowest BCUT2D eigenvalue weighted by molar-refractivity contribution is 0.586. The van der Waals surface area contributed by atoms with Gasteiger partial charge in [0.2, 0.25) is 0 Å². The van der Waals surface area contributed by atoms with Crippen LogP contribution in [0.2, 0.25) is 0 Å². The van der Waals surface area contributed by atoms with Gasteiger partial charge in [-0.2, -0.15) is 0 Å². The Labute approximate surface area is 123 Å². The Balaban J connectivity index is 2.10. The standard InChI is InChI=1S/C14H12BrF2NS/c1-19-11-4-2-9(3-5-11)8-18-14-12(16)6-10(15)7-13(14)17/h2-7,18H,8H2,1H3. The van der Waals surface area contributed by atoms with E-state index in [1.807, 2.05) is 30.5 Å². The SMILES string of the molecule is CSc1ccc(CNc2c(F)cc(Br)cc2F)cc1. The molecule has 0 saturated carbocycles. The number of thioether (sulfide) groups is 1. The van der Waals surface area contributed by atoms with Gasteiger partial charge in [0.1, 0.15) is 17.3 Å². The zero-order valence-corrected chi connectivity index (χ0v) is 12.6. The molecule has 0 saturated heterocycles. The second-order valence-corrected chi connectivity index (χ2v) is 5.74. The maximum absolute atomic E-state index is 13.6. The zero-order valence-electron chi connectivity index (χ0n) is 10.2. The molecular weight excluding hydrogens is 332 g/mol. The summed E-state index contributed by atoms with van der Waals surface area (Å²) in [6.45, 7) is 0.379. The van der Waals surface area contributed by atoms with Crippen molar-refractivity contribution >= 4 is 33.4 Å². The van der Waals surface area contributed by atoms with Crippen LogP contribution >= 0.6 is 27.7 Å². The second kappa shape index (κ2) is 6.39. The summed E-state index contributed by atoms with van der Waals surface area (Å²) in [6, 6.07) is 10.3. The molecule has 0 bridgehead atoms. The monoisotopic (exact) mass is 343 g/mol. The van der Waals surface area contributed by atoms with Gasteiger partial charge >= 0.3 is 0 Å². The van der Waals surface area contributed by atoms with E-state index in [-0.39, 0.29) is 5.69 Å². The molecule has 5 heteroatoms. The molecule has 0 atom stereocenters. The van der Waals surface area contributed by atoms with E-state index in [1.54, 1.807) is 11.8 Å². The molecule has 0 aliphatic carbocycles. The van der Waals surface area contributed by atoms with Crippen molar-refractivity contribution in [3.63, 3.8) is 0 Å². The van der Waals surface area contributed by atoms with E-state index in [0.29, 0.717) is 11.0 Å². The molecule has 1 nitrogen and oxygen atoms in total. The highest BCUT2D eigenvalue weighted by Gasteiger charge is 2.09. The summed E-state index contributed by atoms with van der Waals surface area (Å²) < 4.78 is 27.6. The average molecular weight is 344 g/mol. The van der Waals surface area contributed by atoms with Crippen LogP contribution in [0.25, 0.3) is 0 Å². The first-order valence-corrected chi connectivity index (χ1v) is 7.63. The van der Waals surface area contributed by atoms with Crippen molar-refractivity contribution in [1.29, 1.82) is 0 Å². The first-order chi connectivity index (χ1) is 9.10. The lowest BCUT2D eigenvalue weighted by atomic mass is 10.2. The summed E-state index contributed by atoms with van der Waals surface area (Å²) in [6.07, 6.45) is 2.00. The fourth-order valence-corrected chi connectivity index (χ4v) is 2.46. The van der Waals surface area contributed by atoms with Crippen LogP contribution < -0.4 is 5.32 Å². The number of halogens is 3. The topological polar surface area (TPSA) is 12.0 Å². The highest BCUT2D eigenvalue weighted by atomic mass is 79.9. The van der Waals surface area contributed by atoms with Crippen molar-refractivity contribution in [3.8, 4) is 0 Å². The van der Waals surface area contributed by atoms with E-state index in [1.165, 1.54) is 12.1 Å². The van der Waals surface area contributed by atoms with Crippen molar-refractivity contribution in [3.05, 3.63) is 58.1 Å². The Bertz CT molecular complexity index is 549. The number of nitrogens with one attached hydrogen (secondary N) is 1. The second-order valence-electron chi connectivity index (χ2n) is 3.95. The van der Waals surface area contributed by atoms with E-state index >= 15 is 0 Å². The van der Waals surface area contributed by atoms with Gasteiger partial charge in [0.05, 0.1) is 0 Å². The lowest BCUT2D eigenvalue weighted by Gasteiger charge is -2.09. The van der Waals surface area contributed by atoms with Crippen LogP contribution in [0, 0.1) is 11.6 Å². The quantitative estimate of drug-likeness (QED) is 0.778. The maximum Gasteiger partial charge on any atom is 0.150 e. The number of benzene rings is 2. The van der Waals surface area contributed by atoms with Gasteiger partial charge in [-0.3, -0.25) is 0 Å². The minimum atomic E-state index is -0.604. The fraction of sp³-hybridized carbons (Fsp3) is 0.143. The predicted molar refractivity (Wildman–Crippen MR) is 79.6 cm³/mol. The predicted octanol–water partition coefficient (Wildman–Crippen LogP) is 5.06. The minimum Gasteiger partial charge on any atom is -0.376 e. The van der Waals surface area contributed by atoms with E-state index in [4.69, 9.17) is 0 Å². The molecule has 0 aliphatic rings. The summed E-state index contributed by atoms with van der Waals surface area (Å²) in [5.74, 6) is -1.21. The molecule has 0 aromatic heterocycles. The Kier molecular flexibility index (Phi) is 4.82. The molecule has 2 aromatic carbocycles. The zero-order chi connectivity index (χ0) is 13.8. The van der Waals surface area contributed by atoms with E-state index < -0.39 is 11.6 Å². The molecule has 0 heterocycles. The summed E-state index contributed by atoms with van der Waals surface area (Å²) in [4.78, 5) is 1.16. The third-order valence-electron chi connectivity index (χ3n) is 2.64. The Morgan fingerprint density at radius 2 is 1.68 bits per heavy atom. The summed E-state index contributed by atoms with van der Waals surface area (Å²) >= 11 is 4.70. The van der Waals surface area contributed by atoms with E-state index in [9.17, 15) is 8.78 Å². The number of rotatable bonds is 4. The molecule has 1 N–H and O–H groups in total. The van der Waals surface area contributed by atoms with Crippen LogP contribution in [-0.2, 0) is 6.54 Å². The number of anilines is 1. The molecule has 0 radical (unpaired) electrons. The van der Waals surface area contributed by atoms with Crippen LogP contribution in [0.4, 0.5) is 14.5 Å². The van der Waals surface area contributed by atoms with Crippen LogP contribution in [-0.4, -0.2) is 6.26 Å². The molecule has 0 fully saturated rings. The molecule has 100 valence electrons. The van der Waals surface area contributed by atoms with Gasteiger partial charge in [0.15, 0.2) is 0 Å². The normalized spacial score (nSPS) is 10.5. The van der Waals surface area contributed by atoms with Crippen LogP contribution in [0.15, 0.2) is 45.8 Å². The Morgan fingerprint density at radius 1 is 1.11 bits per heavy atom. The fourth-order valence-electron chi connectivity index (χ4n) is 1.64. The van der Waals surface area contributed by atoms with Crippen LogP contribution in [0.3, 0.4) is 0 Å². The van der Waals surface area contributed by atoms with Crippen molar-refractivity contribution in [2.45, 2.75) is 11.4 Å². The van der Waals surface area contributed by atoms with Gasteiger partial charge in [-0.25, -0.2) is 8.78 Å². The summed E-state index contributed by atoms with van der Waals surface area (Å²) in [5, 5.41) is 2.78. The van der Waals surface area contributed by atoms with E-state index in [2.05, 4.69) is 21.2 Å². The maximum atomic E-state index is 13.6. The van der Waals surface area contributed by atoms with Crippen molar-refractivity contribution in [2.75, 3.05) is 11.6 Å². The molecule has 0 unspecified atom stereocenters. The van der Waals surface area contributed by atoms with Crippen molar-refractivity contribution in [2.24, 2.45) is 0 Å². The van der Waals surface area contributed by atoms with Gasteiger partial charge in [-0.05, 0) is 36.1 Å². The first kappa shape index (κ1) is 14.3. The van der Waals surface area contributed by atoms with Gasteiger partial charge < -0.3 is 5.32 Å². The van der Waals surface area contributed by atoms with Gasteiger partial charge in [0, 0.05) is 15.9 Å². The van der Waals surface area contributed by atoms with Gasteiger partial charge in [-0.1, -0.05) is 28.1 Å². The van der Waals surface area contributed by atoms with Crippen LogP contribution in [0.1, 0.15) is 5.56 Å². The third kappa shape index (κ3) is 3.70. The average Bonchev–Trinajstić information content (AvgIpc) is 2.38. The molecule has 0 spiro atoms. The lowest BCUT2D eigenvalue weighted by Crippen LogP contribution is -2.03. The molecule has 0 amide bonds. The first-order valence-electron chi connectivity index (χ1n) is 5.61. The highest BCUT2D eigenvalue weighted by molar-refractivity contribution is 9.10. The highest BCUT2D eigenvalue weighted by Crippen LogP contribution is 2.24. The van der Waals surface area contributed by atoms with Crippen LogP contribution in [0.5, 0.6) is 0 Å². The third-order valence-corrected chi connectivity index (χ3v) is 3.84. The molecule has 0 aliphatic heterocycles. The molecule has 19 heavy (non-hydrogen) atoms. The van der Waals surface area contributed by atoms with E-state index in [0.717, 1.165) is 10.5 Å². The Morgan fingerprint density at radius 3 is 2.21 bits per heavy atom. The minimum absolute atomic E-state index is 0.0999. The van der Waals surface area contributed by atoms with Gasteiger partial charge in [0.25, 0.3) is 0 Å². The smallest absolute Gasteiger partial charge is 0.150 e. The molecular formula is C14H12BrF2NS. The largest absolute Gasteiger partial charge is 0.376 e. The molecule has 2 aromatic rings. The number of hydrogen-bond acceptors (Lipinski definition) is 2. The van der Waals surface area contributed by atoms with Gasteiger partial charge in [-0.15, -0.1) is 11.8 Å². The van der Waals surface area contributed by atoms with Crippen molar-refractivity contribution < 1.29 is 8.78 Å².